The fourth-order valence-corrected chi connectivity index (χ4v) is 1.75. The van der Waals surface area contributed by atoms with Crippen LogP contribution in [0.2, 0.25) is 0 Å². The van der Waals surface area contributed by atoms with E-state index in [2.05, 4.69) is 15.0 Å². The summed E-state index contributed by atoms with van der Waals surface area (Å²) in [6.45, 7) is -1.74. The summed E-state index contributed by atoms with van der Waals surface area (Å²) in [6.07, 6.45) is -2.37. The quantitative estimate of drug-likeness (QED) is 0.836. The van der Waals surface area contributed by atoms with Crippen LogP contribution in [0.4, 0.5) is 13.2 Å². The fraction of sp³-hybridized carbons (Fsp3) is 0.455. The molecule has 0 saturated heterocycles. The highest BCUT2D eigenvalue weighted by Crippen LogP contribution is 2.19. The summed E-state index contributed by atoms with van der Waals surface area (Å²) in [6, 6.07) is 2.58. The molecule has 0 aromatic carbocycles. The van der Waals surface area contributed by atoms with E-state index in [0.717, 1.165) is 6.26 Å². The van der Waals surface area contributed by atoms with Gasteiger partial charge >= 0.3 is 6.18 Å². The van der Waals surface area contributed by atoms with Crippen LogP contribution in [0.5, 0.6) is 5.88 Å². The van der Waals surface area contributed by atoms with Crippen LogP contribution in [0.15, 0.2) is 18.3 Å². The summed E-state index contributed by atoms with van der Waals surface area (Å²) in [5, 5.41) is 2.27. The van der Waals surface area contributed by atoms with Crippen LogP contribution in [-0.2, 0) is 9.84 Å². The van der Waals surface area contributed by atoms with Gasteiger partial charge in [0.25, 0.3) is 5.91 Å². The second-order valence-corrected chi connectivity index (χ2v) is 6.41. The normalized spacial score (nSPS) is 12.0. The summed E-state index contributed by atoms with van der Waals surface area (Å²) in [5.41, 5.74) is -0.199. The lowest BCUT2D eigenvalue weighted by molar-refractivity contribution is -0.154. The number of pyridine rings is 1. The van der Waals surface area contributed by atoms with Crippen LogP contribution in [0, 0.1) is 0 Å². The van der Waals surface area contributed by atoms with E-state index in [9.17, 15) is 26.4 Å². The van der Waals surface area contributed by atoms with E-state index in [1.165, 1.54) is 18.3 Å². The van der Waals surface area contributed by atoms with Gasteiger partial charge in [0.1, 0.15) is 15.4 Å². The highest BCUT2D eigenvalue weighted by molar-refractivity contribution is 7.90. The highest BCUT2D eigenvalue weighted by atomic mass is 32.2. The number of alkyl halides is 3. The average Bonchev–Trinajstić information content (AvgIpc) is 2.34. The van der Waals surface area contributed by atoms with Crippen LogP contribution < -0.4 is 10.1 Å². The Bertz CT molecular complexity index is 602. The van der Waals surface area contributed by atoms with Crippen LogP contribution in [0.1, 0.15) is 10.4 Å². The molecule has 6 nitrogen and oxygen atoms in total. The number of sulfone groups is 1. The van der Waals surface area contributed by atoms with Gasteiger partial charge in [0.05, 0.1) is 5.75 Å². The molecule has 0 aliphatic heterocycles. The molecule has 10 heteroatoms. The molecule has 0 fully saturated rings. The van der Waals surface area contributed by atoms with Crippen molar-refractivity contribution >= 4 is 15.7 Å². The van der Waals surface area contributed by atoms with Gasteiger partial charge in [-0.1, -0.05) is 0 Å². The molecule has 1 amide bonds. The number of halogens is 3. The van der Waals surface area contributed by atoms with Crippen molar-refractivity contribution in [1.82, 2.24) is 10.3 Å². The zero-order chi connectivity index (χ0) is 16.1. The van der Waals surface area contributed by atoms with Crippen molar-refractivity contribution in [2.75, 3.05) is 25.2 Å². The van der Waals surface area contributed by atoms with E-state index < -0.39 is 34.4 Å². The maximum atomic E-state index is 12.1. The van der Waals surface area contributed by atoms with Crippen molar-refractivity contribution in [3.8, 4) is 5.88 Å². The predicted octanol–water partition coefficient (Wildman–Crippen LogP) is 0.797. The number of carbonyl (C=O) groups excluding carboxylic acids is 1. The standard InChI is InChI=1S/C11H13F3N2O4S/c1-21(18,19)6-5-15-9(17)8-3-2-4-16-10(8)20-7-11(12,13)14/h2-4H,5-7H2,1H3,(H,15,17). The second kappa shape index (κ2) is 6.74. The van der Waals surface area contributed by atoms with Gasteiger partial charge in [0.15, 0.2) is 6.61 Å². The van der Waals surface area contributed by atoms with E-state index >= 15 is 0 Å². The maximum Gasteiger partial charge on any atom is 0.422 e. The smallest absolute Gasteiger partial charge is 0.422 e. The molecule has 0 bridgehead atoms. The van der Waals surface area contributed by atoms with Crippen molar-refractivity contribution in [3.05, 3.63) is 23.9 Å². The minimum absolute atomic E-state index is 0.161. The monoisotopic (exact) mass is 326 g/mol. The molecule has 1 rings (SSSR count). The van der Waals surface area contributed by atoms with Gasteiger partial charge in [0, 0.05) is 19.0 Å². The first-order valence-corrected chi connectivity index (χ1v) is 7.75. The van der Waals surface area contributed by atoms with Gasteiger partial charge in [-0.15, -0.1) is 0 Å². The van der Waals surface area contributed by atoms with Crippen LogP contribution in [0.25, 0.3) is 0 Å². The average molecular weight is 326 g/mol. The number of rotatable bonds is 6. The predicted molar refractivity (Wildman–Crippen MR) is 67.8 cm³/mol. The summed E-state index contributed by atoms with van der Waals surface area (Å²) in [7, 11) is -3.25. The van der Waals surface area contributed by atoms with Crippen LogP contribution in [0.3, 0.4) is 0 Å². The zero-order valence-electron chi connectivity index (χ0n) is 11.0. The molecule has 1 heterocycles. The Balaban J connectivity index is 2.71. The largest absolute Gasteiger partial charge is 0.467 e. The highest BCUT2D eigenvalue weighted by Gasteiger charge is 2.29. The van der Waals surface area contributed by atoms with Gasteiger partial charge in [-0.2, -0.15) is 13.2 Å². The molecule has 118 valence electrons. The van der Waals surface area contributed by atoms with Gasteiger partial charge in [-0.05, 0) is 12.1 Å². The number of nitrogens with one attached hydrogen (secondary N) is 1. The Morgan fingerprint density at radius 2 is 2.10 bits per heavy atom. The molecule has 0 radical (unpaired) electrons. The number of ether oxygens (including phenoxy) is 1. The molecule has 0 spiro atoms. The minimum atomic E-state index is -4.55. The first-order chi connectivity index (χ1) is 9.58. The van der Waals surface area contributed by atoms with Crippen molar-refractivity contribution in [3.63, 3.8) is 0 Å². The lowest BCUT2D eigenvalue weighted by atomic mass is 10.2. The van der Waals surface area contributed by atoms with Crippen molar-refractivity contribution in [2.45, 2.75) is 6.18 Å². The summed E-state index contributed by atoms with van der Waals surface area (Å²) < 4.78 is 62.5. The lowest BCUT2D eigenvalue weighted by Crippen LogP contribution is -2.29. The number of nitrogens with zero attached hydrogens (tertiary/aromatic N) is 1. The molecule has 1 N–H and O–H groups in total. The first-order valence-electron chi connectivity index (χ1n) is 5.69. The molecule has 0 aliphatic rings. The molecule has 0 saturated carbocycles. The Labute approximate surface area is 119 Å². The van der Waals surface area contributed by atoms with E-state index in [1.54, 1.807) is 0 Å². The summed E-state index contributed by atoms with van der Waals surface area (Å²) in [4.78, 5) is 15.3. The molecule has 0 unspecified atom stereocenters. The maximum absolute atomic E-state index is 12.1. The summed E-state index contributed by atoms with van der Waals surface area (Å²) >= 11 is 0. The molecule has 0 atom stereocenters. The van der Waals surface area contributed by atoms with Crippen molar-refractivity contribution < 1.29 is 31.1 Å². The third kappa shape index (κ3) is 6.93. The second-order valence-electron chi connectivity index (χ2n) is 4.15. The fourth-order valence-electron chi connectivity index (χ4n) is 1.27. The van der Waals surface area contributed by atoms with Gasteiger partial charge < -0.3 is 10.1 Å². The zero-order valence-corrected chi connectivity index (χ0v) is 11.8. The van der Waals surface area contributed by atoms with Crippen molar-refractivity contribution in [1.29, 1.82) is 0 Å². The van der Waals surface area contributed by atoms with E-state index in [0.29, 0.717) is 0 Å². The molecule has 1 aromatic rings. The van der Waals surface area contributed by atoms with Crippen LogP contribution in [-0.4, -0.2) is 50.6 Å². The van der Waals surface area contributed by atoms with Gasteiger partial charge in [-0.25, -0.2) is 13.4 Å². The third-order valence-electron chi connectivity index (χ3n) is 2.15. The summed E-state index contributed by atoms with van der Waals surface area (Å²) in [5.74, 6) is -1.51. The van der Waals surface area contributed by atoms with E-state index in [1.807, 2.05) is 0 Å². The number of carbonyl (C=O) groups is 1. The lowest BCUT2D eigenvalue weighted by Gasteiger charge is -2.11. The van der Waals surface area contributed by atoms with E-state index in [-0.39, 0.29) is 17.9 Å². The Hall–Kier alpha value is -1.84. The topological polar surface area (TPSA) is 85.4 Å². The van der Waals surface area contributed by atoms with E-state index in [4.69, 9.17) is 0 Å². The van der Waals surface area contributed by atoms with Gasteiger partial charge in [-0.3, -0.25) is 4.79 Å². The number of aromatic nitrogens is 1. The number of hydrogen-bond acceptors (Lipinski definition) is 5. The molecule has 0 aliphatic carbocycles. The third-order valence-corrected chi connectivity index (χ3v) is 3.09. The van der Waals surface area contributed by atoms with Crippen molar-refractivity contribution in [2.24, 2.45) is 0 Å². The minimum Gasteiger partial charge on any atom is -0.467 e. The Kier molecular flexibility index (Phi) is 5.53. The Morgan fingerprint density at radius 3 is 2.67 bits per heavy atom. The SMILES string of the molecule is CS(=O)(=O)CCNC(=O)c1cccnc1OCC(F)(F)F. The number of hydrogen-bond donors (Lipinski definition) is 1. The molecule has 1 aromatic heterocycles. The molecular weight excluding hydrogens is 313 g/mol. The Morgan fingerprint density at radius 1 is 1.43 bits per heavy atom. The first kappa shape index (κ1) is 17.2. The van der Waals surface area contributed by atoms with Gasteiger partial charge in [0.2, 0.25) is 5.88 Å². The van der Waals surface area contributed by atoms with Crippen LogP contribution >= 0.6 is 0 Å². The molecular formula is C11H13F3N2O4S. The number of amides is 1. The molecule has 21 heavy (non-hydrogen) atoms.